The molecule has 0 bridgehead atoms. The monoisotopic (exact) mass is 234 g/mol. The summed E-state index contributed by atoms with van der Waals surface area (Å²) in [6.07, 6.45) is 2.67. The van der Waals surface area contributed by atoms with Crippen LogP contribution in [-0.2, 0) is 13.6 Å². The minimum absolute atomic E-state index is 0.113. The fourth-order valence-corrected chi connectivity index (χ4v) is 1.33. The Morgan fingerprint density at radius 3 is 2.71 bits per heavy atom. The number of aromatic carboxylic acids is 1. The molecular weight excluding hydrogens is 224 g/mol. The normalized spacial score (nSPS) is 10.4. The van der Waals surface area contributed by atoms with Gasteiger partial charge in [-0.1, -0.05) is 0 Å². The molecule has 0 atom stereocenters. The molecule has 7 nitrogen and oxygen atoms in total. The number of pyridine rings is 1. The molecule has 0 amide bonds. The van der Waals surface area contributed by atoms with Crippen molar-refractivity contribution in [3.8, 4) is 0 Å². The molecule has 1 N–H and O–H groups in total. The number of carboxylic acid groups (broad SMARTS) is 1. The quantitative estimate of drug-likeness (QED) is 0.789. The number of hydrogen-bond acceptors (Lipinski definition) is 4. The molecule has 0 aromatic carbocycles. The minimum atomic E-state index is -1.03. The lowest BCUT2D eigenvalue weighted by molar-refractivity contribution is 0.0696. The maximum absolute atomic E-state index is 11.5. The zero-order valence-corrected chi connectivity index (χ0v) is 9.07. The number of nitrogens with zero attached hydrogens (tertiary/aromatic N) is 4. The Hall–Kier alpha value is -2.44. The summed E-state index contributed by atoms with van der Waals surface area (Å²) in [6.45, 7) is 0.222. The van der Waals surface area contributed by atoms with Crippen LogP contribution in [0.15, 0.2) is 29.5 Å². The second-order valence-electron chi connectivity index (χ2n) is 3.53. The van der Waals surface area contributed by atoms with Crippen LogP contribution in [0.3, 0.4) is 0 Å². The largest absolute Gasteiger partial charge is 0.478 e. The number of carboxylic acids is 1. The first kappa shape index (κ1) is 11.1. The third-order valence-electron chi connectivity index (χ3n) is 2.27. The van der Waals surface area contributed by atoms with Crippen molar-refractivity contribution < 1.29 is 9.90 Å². The van der Waals surface area contributed by atoms with E-state index in [9.17, 15) is 9.59 Å². The van der Waals surface area contributed by atoms with Crippen molar-refractivity contribution in [3.63, 3.8) is 0 Å². The zero-order chi connectivity index (χ0) is 12.4. The third kappa shape index (κ3) is 2.22. The van der Waals surface area contributed by atoms with Crippen LogP contribution in [0.5, 0.6) is 0 Å². The van der Waals surface area contributed by atoms with E-state index in [1.807, 2.05) is 0 Å². The summed E-state index contributed by atoms with van der Waals surface area (Å²) in [5.74, 6) is -1.03. The van der Waals surface area contributed by atoms with Crippen molar-refractivity contribution in [2.45, 2.75) is 6.54 Å². The Kier molecular flexibility index (Phi) is 2.73. The standard InChI is InChI=1S/C10H10N4O3/c1-13-6-12-14(10(13)17)5-8-3-2-7(4-11-8)9(15)16/h2-4,6H,5H2,1H3,(H,15,16). The molecule has 0 aliphatic heterocycles. The predicted octanol–water partition coefficient (Wildman–Crippen LogP) is -0.277. The van der Waals surface area contributed by atoms with Crippen molar-refractivity contribution in [3.05, 3.63) is 46.4 Å². The SMILES string of the molecule is Cn1cnn(Cc2ccc(C(=O)O)cn2)c1=O. The summed E-state index contributed by atoms with van der Waals surface area (Å²) >= 11 is 0. The van der Waals surface area contributed by atoms with Gasteiger partial charge in [-0.05, 0) is 12.1 Å². The van der Waals surface area contributed by atoms with Crippen LogP contribution < -0.4 is 5.69 Å². The van der Waals surface area contributed by atoms with Gasteiger partial charge in [-0.3, -0.25) is 9.55 Å². The highest BCUT2D eigenvalue weighted by Gasteiger charge is 2.06. The maximum Gasteiger partial charge on any atom is 0.345 e. The molecule has 7 heteroatoms. The van der Waals surface area contributed by atoms with Gasteiger partial charge in [0.05, 0.1) is 17.8 Å². The molecule has 0 saturated heterocycles. The average Bonchev–Trinajstić information content (AvgIpc) is 2.62. The van der Waals surface area contributed by atoms with Crippen LogP contribution in [0.4, 0.5) is 0 Å². The molecule has 2 heterocycles. The van der Waals surface area contributed by atoms with Crippen LogP contribution in [0.2, 0.25) is 0 Å². The maximum atomic E-state index is 11.5. The van der Waals surface area contributed by atoms with E-state index in [2.05, 4.69) is 10.1 Å². The van der Waals surface area contributed by atoms with Crippen molar-refractivity contribution in [1.82, 2.24) is 19.3 Å². The number of aryl methyl sites for hydroxylation is 1. The lowest BCUT2D eigenvalue weighted by Crippen LogP contribution is -2.23. The first-order valence-corrected chi connectivity index (χ1v) is 4.84. The number of rotatable bonds is 3. The van der Waals surface area contributed by atoms with Crippen LogP contribution in [0.25, 0.3) is 0 Å². The zero-order valence-electron chi connectivity index (χ0n) is 9.07. The van der Waals surface area contributed by atoms with Crippen LogP contribution in [-0.4, -0.2) is 30.4 Å². The van der Waals surface area contributed by atoms with E-state index in [4.69, 9.17) is 5.11 Å². The van der Waals surface area contributed by atoms with E-state index in [0.29, 0.717) is 5.69 Å². The van der Waals surface area contributed by atoms with Crippen LogP contribution in [0.1, 0.15) is 16.1 Å². The Morgan fingerprint density at radius 2 is 2.24 bits per heavy atom. The van der Waals surface area contributed by atoms with Gasteiger partial charge >= 0.3 is 11.7 Å². The molecular formula is C10H10N4O3. The van der Waals surface area contributed by atoms with Gasteiger partial charge in [-0.25, -0.2) is 14.3 Å². The van der Waals surface area contributed by atoms with Crippen molar-refractivity contribution in [1.29, 1.82) is 0 Å². The molecule has 0 unspecified atom stereocenters. The van der Waals surface area contributed by atoms with Gasteiger partial charge in [0.2, 0.25) is 0 Å². The average molecular weight is 234 g/mol. The molecule has 2 rings (SSSR count). The molecule has 17 heavy (non-hydrogen) atoms. The Balaban J connectivity index is 2.22. The molecule has 0 aliphatic carbocycles. The van der Waals surface area contributed by atoms with Crippen molar-refractivity contribution >= 4 is 5.97 Å². The molecule has 0 fully saturated rings. The van der Waals surface area contributed by atoms with Gasteiger partial charge in [-0.2, -0.15) is 5.10 Å². The molecule has 0 radical (unpaired) electrons. The minimum Gasteiger partial charge on any atom is -0.478 e. The second kappa shape index (κ2) is 4.20. The summed E-state index contributed by atoms with van der Waals surface area (Å²) in [7, 11) is 1.60. The molecule has 2 aromatic heterocycles. The smallest absolute Gasteiger partial charge is 0.345 e. The molecule has 88 valence electrons. The summed E-state index contributed by atoms with van der Waals surface area (Å²) in [5, 5.41) is 12.6. The molecule has 2 aromatic rings. The Morgan fingerprint density at radius 1 is 1.47 bits per heavy atom. The Labute approximate surface area is 96.0 Å². The van der Waals surface area contributed by atoms with Gasteiger partial charge in [0.25, 0.3) is 0 Å². The highest BCUT2D eigenvalue weighted by Crippen LogP contribution is 2.01. The van der Waals surface area contributed by atoms with E-state index < -0.39 is 5.97 Å². The van der Waals surface area contributed by atoms with Gasteiger partial charge < -0.3 is 5.11 Å². The molecule has 0 saturated carbocycles. The Bertz CT molecular complexity index is 597. The first-order chi connectivity index (χ1) is 8.08. The fourth-order valence-electron chi connectivity index (χ4n) is 1.33. The molecule has 0 aliphatic rings. The topological polar surface area (TPSA) is 90.0 Å². The van der Waals surface area contributed by atoms with E-state index in [-0.39, 0.29) is 17.8 Å². The third-order valence-corrected chi connectivity index (χ3v) is 2.27. The molecule has 0 spiro atoms. The van der Waals surface area contributed by atoms with E-state index in [1.54, 1.807) is 13.1 Å². The predicted molar refractivity (Wildman–Crippen MR) is 57.8 cm³/mol. The van der Waals surface area contributed by atoms with Gasteiger partial charge in [0.1, 0.15) is 6.33 Å². The summed E-state index contributed by atoms with van der Waals surface area (Å²) in [4.78, 5) is 26.1. The lowest BCUT2D eigenvalue weighted by atomic mass is 10.2. The summed E-state index contributed by atoms with van der Waals surface area (Å²) in [5.41, 5.74) is 0.451. The highest BCUT2D eigenvalue weighted by atomic mass is 16.4. The fraction of sp³-hybridized carbons (Fsp3) is 0.200. The van der Waals surface area contributed by atoms with Crippen LogP contribution >= 0.6 is 0 Å². The van der Waals surface area contributed by atoms with Gasteiger partial charge in [0.15, 0.2) is 0 Å². The van der Waals surface area contributed by atoms with E-state index >= 15 is 0 Å². The van der Waals surface area contributed by atoms with Crippen LogP contribution in [0, 0.1) is 0 Å². The summed E-state index contributed by atoms with van der Waals surface area (Å²) in [6, 6.07) is 3.00. The van der Waals surface area contributed by atoms with Crippen molar-refractivity contribution in [2.24, 2.45) is 7.05 Å². The van der Waals surface area contributed by atoms with Gasteiger partial charge in [-0.15, -0.1) is 0 Å². The summed E-state index contributed by atoms with van der Waals surface area (Å²) < 4.78 is 2.61. The number of hydrogen-bond donors (Lipinski definition) is 1. The first-order valence-electron chi connectivity index (χ1n) is 4.84. The number of aromatic nitrogens is 4. The lowest BCUT2D eigenvalue weighted by Gasteiger charge is -2.00. The van der Waals surface area contributed by atoms with Crippen molar-refractivity contribution in [2.75, 3.05) is 0 Å². The van der Waals surface area contributed by atoms with Gasteiger partial charge in [0, 0.05) is 13.2 Å². The number of carbonyl (C=O) groups is 1. The second-order valence-corrected chi connectivity index (χ2v) is 3.53. The van der Waals surface area contributed by atoms with E-state index in [1.165, 1.54) is 27.8 Å². The highest BCUT2D eigenvalue weighted by molar-refractivity contribution is 5.87. The van der Waals surface area contributed by atoms with E-state index in [0.717, 1.165) is 0 Å².